The molecule has 20 heavy (non-hydrogen) atoms. The molecule has 4 nitrogen and oxygen atoms in total. The summed E-state index contributed by atoms with van der Waals surface area (Å²) < 4.78 is 7.50. The van der Waals surface area contributed by atoms with Gasteiger partial charge < -0.3 is 14.6 Å². The number of para-hydroxylation sites is 1. The van der Waals surface area contributed by atoms with Crippen molar-refractivity contribution < 1.29 is 4.74 Å². The molecule has 0 bridgehead atoms. The SMILES string of the molecule is CNC(CCc1nccn1C)Cc1ccccc1OC. The molecule has 0 saturated carbocycles. The van der Waals surface area contributed by atoms with Crippen LogP contribution in [0, 0.1) is 0 Å². The standard InChI is InChI=1S/C16H23N3O/c1-17-14(8-9-16-18-10-11-19(16)2)12-13-6-4-5-7-15(13)20-3/h4-7,10-11,14,17H,8-9,12H2,1-3H3. The van der Waals surface area contributed by atoms with Crippen LogP contribution in [0.5, 0.6) is 5.75 Å². The van der Waals surface area contributed by atoms with Gasteiger partial charge in [-0.2, -0.15) is 0 Å². The van der Waals surface area contributed by atoms with Gasteiger partial charge in [-0.15, -0.1) is 0 Å². The topological polar surface area (TPSA) is 39.1 Å². The number of likely N-dealkylation sites (N-methyl/N-ethyl adjacent to an activating group) is 1. The van der Waals surface area contributed by atoms with Crippen LogP contribution in [0.2, 0.25) is 0 Å². The van der Waals surface area contributed by atoms with Crippen LogP contribution >= 0.6 is 0 Å². The van der Waals surface area contributed by atoms with Crippen molar-refractivity contribution in [3.63, 3.8) is 0 Å². The van der Waals surface area contributed by atoms with E-state index in [1.807, 2.05) is 38.6 Å². The van der Waals surface area contributed by atoms with E-state index in [1.54, 1.807) is 7.11 Å². The van der Waals surface area contributed by atoms with Crippen molar-refractivity contribution >= 4 is 0 Å². The number of imidazole rings is 1. The Morgan fingerprint density at radius 1 is 1.35 bits per heavy atom. The van der Waals surface area contributed by atoms with Crippen LogP contribution in [0.1, 0.15) is 17.8 Å². The summed E-state index contributed by atoms with van der Waals surface area (Å²) in [5, 5.41) is 3.39. The first-order valence-electron chi connectivity index (χ1n) is 7.00. The van der Waals surface area contributed by atoms with Crippen molar-refractivity contribution in [1.29, 1.82) is 0 Å². The van der Waals surface area contributed by atoms with E-state index in [0.717, 1.165) is 30.8 Å². The summed E-state index contributed by atoms with van der Waals surface area (Å²) in [5.41, 5.74) is 1.24. The van der Waals surface area contributed by atoms with Gasteiger partial charge in [-0.3, -0.25) is 0 Å². The van der Waals surface area contributed by atoms with E-state index in [9.17, 15) is 0 Å². The molecule has 1 aromatic carbocycles. The van der Waals surface area contributed by atoms with Crippen LogP contribution in [0.4, 0.5) is 0 Å². The molecular weight excluding hydrogens is 250 g/mol. The monoisotopic (exact) mass is 273 g/mol. The van der Waals surface area contributed by atoms with E-state index in [2.05, 4.69) is 27.0 Å². The summed E-state index contributed by atoms with van der Waals surface area (Å²) in [7, 11) is 5.77. The third kappa shape index (κ3) is 3.61. The smallest absolute Gasteiger partial charge is 0.122 e. The van der Waals surface area contributed by atoms with Gasteiger partial charge in [0.25, 0.3) is 0 Å². The Morgan fingerprint density at radius 3 is 2.80 bits per heavy atom. The molecule has 0 radical (unpaired) electrons. The van der Waals surface area contributed by atoms with Gasteiger partial charge in [0.1, 0.15) is 11.6 Å². The Bertz CT molecular complexity index is 536. The van der Waals surface area contributed by atoms with Crippen molar-refractivity contribution in [2.45, 2.75) is 25.3 Å². The fraction of sp³-hybridized carbons (Fsp3) is 0.438. The van der Waals surface area contributed by atoms with E-state index < -0.39 is 0 Å². The molecule has 0 saturated heterocycles. The summed E-state index contributed by atoms with van der Waals surface area (Å²) in [6.45, 7) is 0. The number of nitrogens with one attached hydrogen (secondary N) is 1. The van der Waals surface area contributed by atoms with E-state index in [0.29, 0.717) is 6.04 Å². The fourth-order valence-corrected chi connectivity index (χ4v) is 2.43. The molecule has 108 valence electrons. The second-order valence-corrected chi connectivity index (χ2v) is 4.99. The third-order valence-electron chi connectivity index (χ3n) is 3.70. The van der Waals surface area contributed by atoms with Gasteiger partial charge in [-0.25, -0.2) is 4.98 Å². The van der Waals surface area contributed by atoms with Crippen molar-refractivity contribution in [1.82, 2.24) is 14.9 Å². The third-order valence-corrected chi connectivity index (χ3v) is 3.70. The number of ether oxygens (including phenoxy) is 1. The Balaban J connectivity index is 1.97. The highest BCUT2D eigenvalue weighted by molar-refractivity contribution is 5.33. The maximum absolute atomic E-state index is 5.42. The van der Waals surface area contributed by atoms with Crippen LogP contribution in [0.15, 0.2) is 36.7 Å². The van der Waals surface area contributed by atoms with Gasteiger partial charge in [-0.1, -0.05) is 18.2 Å². The van der Waals surface area contributed by atoms with E-state index in [4.69, 9.17) is 4.74 Å². The maximum atomic E-state index is 5.42. The molecule has 0 aliphatic rings. The average molecular weight is 273 g/mol. The number of rotatable bonds is 7. The Kier molecular flexibility index (Phi) is 5.18. The van der Waals surface area contributed by atoms with E-state index in [-0.39, 0.29) is 0 Å². The number of nitrogens with zero attached hydrogens (tertiary/aromatic N) is 2. The molecule has 1 heterocycles. The summed E-state index contributed by atoms with van der Waals surface area (Å²) in [5.74, 6) is 2.09. The van der Waals surface area contributed by atoms with Crippen LogP contribution < -0.4 is 10.1 Å². The second-order valence-electron chi connectivity index (χ2n) is 4.99. The van der Waals surface area contributed by atoms with Crippen molar-refractivity contribution in [3.8, 4) is 5.75 Å². The van der Waals surface area contributed by atoms with Crippen LogP contribution in [0.25, 0.3) is 0 Å². The van der Waals surface area contributed by atoms with Gasteiger partial charge in [0.2, 0.25) is 0 Å². The first-order chi connectivity index (χ1) is 9.74. The lowest BCUT2D eigenvalue weighted by Gasteiger charge is -2.17. The van der Waals surface area contributed by atoms with Crippen LogP contribution in [-0.2, 0) is 19.9 Å². The van der Waals surface area contributed by atoms with Crippen molar-refractivity contribution in [2.24, 2.45) is 7.05 Å². The van der Waals surface area contributed by atoms with E-state index in [1.165, 1.54) is 5.56 Å². The zero-order valence-corrected chi connectivity index (χ0v) is 12.5. The first kappa shape index (κ1) is 14.6. The molecule has 1 N–H and O–H groups in total. The predicted octanol–water partition coefficient (Wildman–Crippen LogP) is 2.19. The van der Waals surface area contributed by atoms with E-state index >= 15 is 0 Å². The molecule has 0 aliphatic carbocycles. The number of aryl methyl sites for hydroxylation is 2. The molecule has 1 atom stereocenters. The first-order valence-corrected chi connectivity index (χ1v) is 7.00. The number of aromatic nitrogens is 2. The fourth-order valence-electron chi connectivity index (χ4n) is 2.43. The van der Waals surface area contributed by atoms with Crippen molar-refractivity contribution in [2.75, 3.05) is 14.2 Å². The second kappa shape index (κ2) is 7.10. The molecule has 0 spiro atoms. The van der Waals surface area contributed by atoms with Crippen LogP contribution in [-0.4, -0.2) is 29.8 Å². The number of hydrogen-bond donors (Lipinski definition) is 1. The molecule has 0 aliphatic heterocycles. The minimum absolute atomic E-state index is 0.419. The Morgan fingerprint density at radius 2 is 2.15 bits per heavy atom. The lowest BCUT2D eigenvalue weighted by Crippen LogP contribution is -2.28. The van der Waals surface area contributed by atoms with Gasteiger partial charge in [0.05, 0.1) is 7.11 Å². The lowest BCUT2D eigenvalue weighted by atomic mass is 10.0. The van der Waals surface area contributed by atoms with Gasteiger partial charge in [0.15, 0.2) is 0 Å². The minimum atomic E-state index is 0.419. The Labute approximate surface area is 120 Å². The summed E-state index contributed by atoms with van der Waals surface area (Å²) >= 11 is 0. The maximum Gasteiger partial charge on any atom is 0.122 e. The quantitative estimate of drug-likeness (QED) is 0.840. The highest BCUT2D eigenvalue weighted by atomic mass is 16.5. The summed E-state index contributed by atoms with van der Waals surface area (Å²) in [6.07, 6.45) is 6.84. The number of hydrogen-bond acceptors (Lipinski definition) is 3. The minimum Gasteiger partial charge on any atom is -0.496 e. The Hall–Kier alpha value is -1.81. The lowest BCUT2D eigenvalue weighted by molar-refractivity contribution is 0.404. The average Bonchev–Trinajstić information content (AvgIpc) is 2.89. The molecule has 0 amide bonds. The summed E-state index contributed by atoms with van der Waals surface area (Å²) in [6, 6.07) is 8.63. The zero-order chi connectivity index (χ0) is 14.4. The largest absolute Gasteiger partial charge is 0.496 e. The van der Waals surface area contributed by atoms with Gasteiger partial charge >= 0.3 is 0 Å². The molecular formula is C16H23N3O. The number of methoxy groups -OCH3 is 1. The zero-order valence-electron chi connectivity index (χ0n) is 12.5. The van der Waals surface area contributed by atoms with Crippen molar-refractivity contribution in [3.05, 3.63) is 48.0 Å². The molecule has 1 unspecified atom stereocenters. The molecule has 4 heteroatoms. The molecule has 0 fully saturated rings. The highest BCUT2D eigenvalue weighted by Crippen LogP contribution is 2.20. The highest BCUT2D eigenvalue weighted by Gasteiger charge is 2.12. The summed E-state index contributed by atoms with van der Waals surface area (Å²) in [4.78, 5) is 4.37. The number of benzene rings is 1. The predicted molar refractivity (Wildman–Crippen MR) is 81.1 cm³/mol. The normalized spacial score (nSPS) is 12.3. The van der Waals surface area contributed by atoms with Gasteiger partial charge in [0, 0.05) is 31.9 Å². The van der Waals surface area contributed by atoms with Crippen LogP contribution in [0.3, 0.4) is 0 Å². The molecule has 1 aromatic heterocycles. The molecule has 2 aromatic rings. The van der Waals surface area contributed by atoms with Gasteiger partial charge in [-0.05, 0) is 31.5 Å². The molecule has 2 rings (SSSR count).